The first-order valence-electron chi connectivity index (χ1n) is 3.81. The summed E-state index contributed by atoms with van der Waals surface area (Å²) in [6.07, 6.45) is 0. The SMILES string of the molecule is COc1c(SCl)sc2ccc(Cl)cc12. The lowest BCUT2D eigenvalue weighted by Gasteiger charge is -1.98. The topological polar surface area (TPSA) is 9.23 Å². The van der Waals surface area contributed by atoms with Crippen molar-refractivity contribution in [3.05, 3.63) is 23.2 Å². The molecule has 0 amide bonds. The Morgan fingerprint density at radius 3 is 2.86 bits per heavy atom. The van der Waals surface area contributed by atoms with E-state index in [9.17, 15) is 0 Å². The number of hydrogen-bond acceptors (Lipinski definition) is 3. The van der Waals surface area contributed by atoms with Crippen LogP contribution in [0, 0.1) is 0 Å². The van der Waals surface area contributed by atoms with Crippen molar-refractivity contribution in [3.63, 3.8) is 0 Å². The van der Waals surface area contributed by atoms with E-state index >= 15 is 0 Å². The summed E-state index contributed by atoms with van der Waals surface area (Å²) in [6, 6.07) is 5.73. The van der Waals surface area contributed by atoms with Gasteiger partial charge in [-0.25, -0.2) is 0 Å². The fourth-order valence-corrected chi connectivity index (χ4v) is 3.48. The van der Waals surface area contributed by atoms with Crippen molar-refractivity contribution in [1.29, 1.82) is 0 Å². The molecule has 14 heavy (non-hydrogen) atoms. The molecular weight excluding hydrogens is 259 g/mol. The maximum absolute atomic E-state index is 5.91. The zero-order valence-corrected chi connectivity index (χ0v) is 10.4. The van der Waals surface area contributed by atoms with E-state index in [-0.39, 0.29) is 0 Å². The molecule has 0 bridgehead atoms. The Bertz CT molecular complexity index is 467. The van der Waals surface area contributed by atoms with Crippen LogP contribution in [0.25, 0.3) is 10.1 Å². The van der Waals surface area contributed by atoms with Crippen LogP contribution in [0.2, 0.25) is 5.02 Å². The Balaban J connectivity index is 2.74. The van der Waals surface area contributed by atoms with Crippen LogP contribution in [0.3, 0.4) is 0 Å². The maximum Gasteiger partial charge on any atom is 0.152 e. The van der Waals surface area contributed by atoms with Gasteiger partial charge in [0.05, 0.1) is 7.11 Å². The zero-order valence-electron chi connectivity index (χ0n) is 7.21. The zero-order chi connectivity index (χ0) is 10.1. The van der Waals surface area contributed by atoms with Crippen molar-refractivity contribution in [1.82, 2.24) is 0 Å². The van der Waals surface area contributed by atoms with Crippen LogP contribution in [0.4, 0.5) is 0 Å². The first kappa shape index (κ1) is 10.4. The van der Waals surface area contributed by atoms with Crippen LogP contribution >= 0.6 is 44.6 Å². The van der Waals surface area contributed by atoms with Gasteiger partial charge in [-0.05, 0) is 39.9 Å². The van der Waals surface area contributed by atoms with E-state index in [2.05, 4.69) is 0 Å². The molecule has 1 aromatic carbocycles. The number of ether oxygens (including phenoxy) is 1. The fraction of sp³-hybridized carbons (Fsp3) is 0.111. The summed E-state index contributed by atoms with van der Waals surface area (Å²) >= 11 is 7.51. The molecule has 0 aliphatic carbocycles. The molecule has 1 nitrogen and oxygen atoms in total. The second kappa shape index (κ2) is 4.19. The van der Waals surface area contributed by atoms with Crippen molar-refractivity contribution < 1.29 is 4.74 Å². The molecule has 1 heterocycles. The molecule has 0 aliphatic rings. The number of fused-ring (bicyclic) bond motifs is 1. The first-order valence-corrected chi connectivity index (χ1v) is 6.64. The highest BCUT2D eigenvalue weighted by molar-refractivity contribution is 8.22. The van der Waals surface area contributed by atoms with Gasteiger partial charge in [0.25, 0.3) is 0 Å². The van der Waals surface area contributed by atoms with Gasteiger partial charge in [-0.15, -0.1) is 11.3 Å². The van der Waals surface area contributed by atoms with Gasteiger partial charge in [0, 0.05) is 15.1 Å². The van der Waals surface area contributed by atoms with Crippen molar-refractivity contribution in [3.8, 4) is 5.75 Å². The molecule has 0 saturated carbocycles. The highest BCUT2D eigenvalue weighted by atomic mass is 35.7. The largest absolute Gasteiger partial charge is 0.494 e. The van der Waals surface area contributed by atoms with Crippen LogP contribution < -0.4 is 4.74 Å². The second-order valence-corrected chi connectivity index (χ2v) is 5.41. The summed E-state index contributed by atoms with van der Waals surface area (Å²) in [6.45, 7) is 0. The van der Waals surface area contributed by atoms with E-state index in [1.54, 1.807) is 18.4 Å². The molecule has 0 N–H and O–H groups in total. The van der Waals surface area contributed by atoms with E-state index in [4.69, 9.17) is 27.0 Å². The minimum absolute atomic E-state index is 0.708. The maximum atomic E-state index is 5.91. The molecule has 0 spiro atoms. The Morgan fingerprint density at radius 1 is 1.43 bits per heavy atom. The first-order chi connectivity index (χ1) is 6.76. The van der Waals surface area contributed by atoms with Crippen molar-refractivity contribution in [2.45, 2.75) is 4.21 Å². The molecule has 0 saturated heterocycles. The van der Waals surface area contributed by atoms with Crippen LogP contribution in [0.15, 0.2) is 22.4 Å². The molecule has 2 aromatic rings. The predicted octanol–water partition coefficient (Wildman–Crippen LogP) is 4.81. The summed E-state index contributed by atoms with van der Waals surface area (Å²) in [5, 5.41) is 1.73. The Kier molecular flexibility index (Phi) is 3.12. The smallest absolute Gasteiger partial charge is 0.152 e. The number of hydrogen-bond donors (Lipinski definition) is 0. The van der Waals surface area contributed by atoms with Crippen molar-refractivity contribution in [2.24, 2.45) is 0 Å². The monoisotopic (exact) mass is 264 g/mol. The van der Waals surface area contributed by atoms with Gasteiger partial charge in [0.2, 0.25) is 0 Å². The molecule has 0 unspecified atom stereocenters. The predicted molar refractivity (Wildman–Crippen MR) is 65.1 cm³/mol. The Hall–Kier alpha value is -0.0900. The third-order valence-electron chi connectivity index (χ3n) is 1.85. The number of thiophene rings is 1. The molecule has 0 aliphatic heterocycles. The minimum atomic E-state index is 0.708. The lowest BCUT2D eigenvalue weighted by atomic mass is 10.2. The van der Waals surface area contributed by atoms with Crippen LogP contribution in [-0.4, -0.2) is 7.11 Å². The molecule has 1 aromatic heterocycles. The average Bonchev–Trinajstić information content (AvgIpc) is 2.54. The van der Waals surface area contributed by atoms with Crippen LogP contribution in [-0.2, 0) is 0 Å². The molecule has 2 rings (SSSR count). The van der Waals surface area contributed by atoms with Crippen LogP contribution in [0.5, 0.6) is 5.75 Å². The van der Waals surface area contributed by atoms with Gasteiger partial charge >= 0.3 is 0 Å². The standard InChI is InChI=1S/C9H6Cl2OS2/c1-12-8-6-4-5(10)2-3-7(6)13-9(8)14-11/h2-4H,1H3. The second-order valence-electron chi connectivity index (χ2n) is 2.64. The molecule has 0 radical (unpaired) electrons. The van der Waals surface area contributed by atoms with Gasteiger partial charge in [0.1, 0.15) is 4.21 Å². The summed E-state index contributed by atoms with van der Waals surface area (Å²) < 4.78 is 7.39. The summed E-state index contributed by atoms with van der Waals surface area (Å²) in [4.78, 5) is 0. The Labute approximate surface area is 99.5 Å². The normalized spacial score (nSPS) is 10.8. The molecular formula is C9H6Cl2OS2. The van der Waals surface area contributed by atoms with Crippen molar-refractivity contribution >= 4 is 54.7 Å². The third kappa shape index (κ3) is 1.70. The van der Waals surface area contributed by atoms with Gasteiger partial charge in [0.15, 0.2) is 5.75 Å². The minimum Gasteiger partial charge on any atom is -0.494 e. The third-order valence-corrected chi connectivity index (χ3v) is 4.59. The van der Waals surface area contributed by atoms with Gasteiger partial charge in [-0.2, -0.15) is 0 Å². The van der Waals surface area contributed by atoms with Crippen molar-refractivity contribution in [2.75, 3.05) is 7.11 Å². The molecule has 74 valence electrons. The highest BCUT2D eigenvalue weighted by Gasteiger charge is 2.12. The van der Waals surface area contributed by atoms with E-state index in [0.717, 1.165) is 20.0 Å². The van der Waals surface area contributed by atoms with E-state index in [0.29, 0.717) is 5.02 Å². The fourth-order valence-electron chi connectivity index (χ4n) is 1.27. The van der Waals surface area contributed by atoms with E-state index in [1.807, 2.05) is 18.2 Å². The number of rotatable bonds is 2. The van der Waals surface area contributed by atoms with Gasteiger partial charge < -0.3 is 4.74 Å². The Morgan fingerprint density at radius 2 is 2.21 bits per heavy atom. The van der Waals surface area contributed by atoms with Crippen LogP contribution in [0.1, 0.15) is 0 Å². The number of halogens is 2. The number of benzene rings is 1. The summed E-state index contributed by atoms with van der Waals surface area (Å²) in [5.74, 6) is 0.813. The summed E-state index contributed by atoms with van der Waals surface area (Å²) in [5.41, 5.74) is 0. The number of methoxy groups -OCH3 is 1. The van der Waals surface area contributed by atoms with E-state index < -0.39 is 0 Å². The summed E-state index contributed by atoms with van der Waals surface area (Å²) in [7, 11) is 8.55. The van der Waals surface area contributed by atoms with Gasteiger partial charge in [-0.1, -0.05) is 11.6 Å². The molecule has 0 fully saturated rings. The quantitative estimate of drug-likeness (QED) is 0.770. The van der Waals surface area contributed by atoms with Gasteiger partial charge in [-0.3, -0.25) is 0 Å². The average molecular weight is 265 g/mol. The van der Waals surface area contributed by atoms with E-state index in [1.165, 1.54) is 11.0 Å². The molecule has 0 atom stereocenters. The lowest BCUT2D eigenvalue weighted by Crippen LogP contribution is -1.80. The molecule has 5 heteroatoms. The highest BCUT2D eigenvalue weighted by Crippen LogP contribution is 2.45. The lowest BCUT2D eigenvalue weighted by molar-refractivity contribution is 0.413.